The Balaban J connectivity index is -0.000000727. The maximum atomic E-state index is 10.3. The number of aliphatic hydroxyl groups is 2. The van der Waals surface area contributed by atoms with Gasteiger partial charge < -0.3 is 20.4 Å². The molecule has 0 heterocycles. The normalized spacial score (nSPS) is 12.2. The largest absolute Gasteiger partial charge is 0.481 e. The fourth-order valence-electron chi connectivity index (χ4n) is 5.34. The smallest absolute Gasteiger partial charge is 0.303 e. The van der Waals surface area contributed by atoms with Gasteiger partial charge in [0.25, 0.3) is 0 Å². The molecule has 0 aromatic rings. The second kappa shape index (κ2) is 40.1. The number of unbranched alkanes of at least 4 members (excludes halogenated alkanes) is 20. The molecule has 2 atom stereocenters. The Kier molecular flexibility index (Phi) is 44.4. The van der Waals surface area contributed by atoms with Gasteiger partial charge in [0.2, 0.25) is 0 Å². The molecule has 0 spiro atoms. The van der Waals surface area contributed by atoms with Gasteiger partial charge in [-0.15, -0.1) is 0 Å². The van der Waals surface area contributed by atoms with Gasteiger partial charge in [-0.3, -0.25) is 9.59 Å². The fraction of sp³-hybridized carbons (Fsp3) is 0.944. The molecule has 7 heteroatoms. The topological polar surface area (TPSA) is 115 Å². The Morgan fingerprint density at radius 2 is 0.605 bits per heavy atom. The zero-order chi connectivity index (χ0) is 31.5. The fourth-order valence-corrected chi connectivity index (χ4v) is 5.34. The van der Waals surface area contributed by atoms with Crippen LogP contribution in [-0.4, -0.2) is 82.3 Å². The van der Waals surface area contributed by atoms with Crippen molar-refractivity contribution in [3.05, 3.63) is 0 Å². The van der Waals surface area contributed by atoms with Crippen LogP contribution in [0.25, 0.3) is 0 Å². The van der Waals surface area contributed by atoms with E-state index in [0.717, 1.165) is 77.0 Å². The third-order valence-corrected chi connectivity index (χ3v) is 8.14. The van der Waals surface area contributed by atoms with E-state index < -0.39 is 11.9 Å². The molecule has 0 aromatic carbocycles. The molecule has 0 saturated heterocycles. The standard InChI is InChI=1S/2C18H36O3.Ca/c2*1-2-3-4-11-14-17(19)15-12-9-7-5-6-8-10-13-16-18(20)21;/h2*17,19H,2-16H2,1H3,(H,20,21);. The van der Waals surface area contributed by atoms with Crippen LogP contribution < -0.4 is 0 Å². The van der Waals surface area contributed by atoms with Crippen LogP contribution in [0.3, 0.4) is 0 Å². The van der Waals surface area contributed by atoms with Crippen LogP contribution >= 0.6 is 0 Å². The van der Waals surface area contributed by atoms with Crippen molar-refractivity contribution in [1.29, 1.82) is 0 Å². The summed E-state index contributed by atoms with van der Waals surface area (Å²) >= 11 is 0. The van der Waals surface area contributed by atoms with E-state index in [1.807, 2.05) is 0 Å². The summed E-state index contributed by atoms with van der Waals surface area (Å²) in [6, 6.07) is 0. The van der Waals surface area contributed by atoms with E-state index in [2.05, 4.69) is 13.8 Å². The third-order valence-electron chi connectivity index (χ3n) is 8.14. The number of aliphatic hydroxyl groups excluding tert-OH is 2. The number of carbonyl (C=O) groups is 2. The van der Waals surface area contributed by atoms with Crippen LogP contribution in [0.1, 0.15) is 206 Å². The maximum absolute atomic E-state index is 10.3. The van der Waals surface area contributed by atoms with Gasteiger partial charge >= 0.3 is 11.9 Å². The summed E-state index contributed by atoms with van der Waals surface area (Å²) in [6.45, 7) is 4.42. The molecule has 43 heavy (non-hydrogen) atoms. The van der Waals surface area contributed by atoms with E-state index >= 15 is 0 Å². The van der Waals surface area contributed by atoms with E-state index in [0.29, 0.717) is 12.8 Å². The van der Waals surface area contributed by atoms with Crippen molar-refractivity contribution in [2.75, 3.05) is 0 Å². The summed E-state index contributed by atoms with van der Waals surface area (Å²) in [4.78, 5) is 20.7. The van der Waals surface area contributed by atoms with Crippen LogP contribution in [-0.2, 0) is 9.59 Å². The first kappa shape index (κ1) is 47.5. The van der Waals surface area contributed by atoms with E-state index in [1.165, 1.54) is 103 Å². The average molecular weight is 641 g/mol. The minimum Gasteiger partial charge on any atom is -0.481 e. The summed E-state index contributed by atoms with van der Waals surface area (Å²) in [5, 5.41) is 36.7. The summed E-state index contributed by atoms with van der Waals surface area (Å²) in [5.74, 6) is -1.36. The van der Waals surface area contributed by atoms with Gasteiger partial charge in [-0.1, -0.05) is 155 Å². The maximum Gasteiger partial charge on any atom is 0.303 e. The molecule has 4 N–H and O–H groups in total. The predicted octanol–water partition coefficient (Wildman–Crippen LogP) is 10.2. The third kappa shape index (κ3) is 46.7. The molecule has 0 aliphatic rings. The van der Waals surface area contributed by atoms with Crippen molar-refractivity contribution in [3.8, 4) is 0 Å². The van der Waals surface area contributed by atoms with Crippen LogP contribution in [0.15, 0.2) is 0 Å². The number of aliphatic carboxylic acids is 2. The Labute approximate surface area is 296 Å². The number of hydrogen-bond donors (Lipinski definition) is 4. The minimum atomic E-state index is -0.678. The van der Waals surface area contributed by atoms with Crippen molar-refractivity contribution >= 4 is 49.7 Å². The van der Waals surface area contributed by atoms with Crippen LogP contribution in [0, 0.1) is 0 Å². The van der Waals surface area contributed by atoms with Gasteiger partial charge in [-0.2, -0.15) is 0 Å². The molecule has 0 aliphatic carbocycles. The molecule has 0 bridgehead atoms. The first-order valence-corrected chi connectivity index (χ1v) is 18.1. The van der Waals surface area contributed by atoms with E-state index in [4.69, 9.17) is 10.2 Å². The van der Waals surface area contributed by atoms with Gasteiger partial charge in [0.05, 0.1) is 12.2 Å². The van der Waals surface area contributed by atoms with Crippen molar-refractivity contribution in [2.24, 2.45) is 0 Å². The van der Waals surface area contributed by atoms with Gasteiger partial charge in [-0.05, 0) is 38.5 Å². The molecule has 0 aromatic heterocycles. The second-order valence-electron chi connectivity index (χ2n) is 12.5. The molecular weight excluding hydrogens is 568 g/mol. The van der Waals surface area contributed by atoms with Crippen molar-refractivity contribution in [2.45, 2.75) is 219 Å². The number of hydrogen-bond acceptors (Lipinski definition) is 4. The van der Waals surface area contributed by atoms with Crippen molar-refractivity contribution in [3.63, 3.8) is 0 Å². The monoisotopic (exact) mass is 640 g/mol. The summed E-state index contributed by atoms with van der Waals surface area (Å²) in [5.41, 5.74) is 0. The van der Waals surface area contributed by atoms with Crippen LogP contribution in [0.4, 0.5) is 0 Å². The molecule has 0 saturated carbocycles. The molecular formula is C36H72CaO6. The first-order chi connectivity index (χ1) is 20.3. The van der Waals surface area contributed by atoms with Crippen molar-refractivity contribution in [1.82, 2.24) is 0 Å². The van der Waals surface area contributed by atoms with Gasteiger partial charge in [0.15, 0.2) is 0 Å². The van der Waals surface area contributed by atoms with E-state index in [9.17, 15) is 19.8 Å². The summed E-state index contributed by atoms with van der Waals surface area (Å²) < 4.78 is 0. The minimum absolute atomic E-state index is 0. The molecule has 6 nitrogen and oxygen atoms in total. The van der Waals surface area contributed by atoms with E-state index in [-0.39, 0.29) is 49.9 Å². The second-order valence-corrected chi connectivity index (χ2v) is 12.5. The molecule has 2 unspecified atom stereocenters. The number of carboxylic acid groups (broad SMARTS) is 2. The van der Waals surface area contributed by atoms with Crippen molar-refractivity contribution < 1.29 is 30.0 Å². The summed E-state index contributed by atoms with van der Waals surface area (Å²) in [6.07, 6.45) is 32.5. The molecule has 0 aliphatic heterocycles. The van der Waals surface area contributed by atoms with Gasteiger partial charge in [-0.25, -0.2) is 0 Å². The molecule has 0 fully saturated rings. The molecule has 254 valence electrons. The summed E-state index contributed by atoms with van der Waals surface area (Å²) in [7, 11) is 0. The Bertz CT molecular complexity index is 512. The quantitative estimate of drug-likeness (QED) is 0.0430. The van der Waals surface area contributed by atoms with Crippen LogP contribution in [0.5, 0.6) is 0 Å². The zero-order valence-electron chi connectivity index (χ0n) is 28.7. The van der Waals surface area contributed by atoms with Gasteiger partial charge in [0.1, 0.15) is 0 Å². The van der Waals surface area contributed by atoms with Gasteiger partial charge in [0, 0.05) is 50.6 Å². The Morgan fingerprint density at radius 3 is 0.837 bits per heavy atom. The average Bonchev–Trinajstić information content (AvgIpc) is 2.95. The van der Waals surface area contributed by atoms with Crippen LogP contribution in [0.2, 0.25) is 0 Å². The SMILES string of the molecule is CCCCCCC(O)CCCCCCCCCCC(=O)O.CCCCCCC(O)CCCCCCCCCCC(=O)O.[Ca]. The number of carboxylic acids is 2. The predicted molar refractivity (Wildman–Crippen MR) is 183 cm³/mol. The molecule has 0 rings (SSSR count). The first-order valence-electron chi connectivity index (χ1n) is 18.1. The molecule has 2 radical (unpaired) electrons. The molecule has 0 amide bonds. The number of rotatable bonds is 32. The zero-order valence-corrected chi connectivity index (χ0v) is 30.9. The Morgan fingerprint density at radius 1 is 0.395 bits per heavy atom. The van der Waals surface area contributed by atoms with E-state index in [1.54, 1.807) is 0 Å². The Hall–Kier alpha value is 0.120.